The van der Waals surface area contributed by atoms with Crippen molar-refractivity contribution in [1.82, 2.24) is 4.90 Å². The number of para-hydroxylation sites is 1. The molecular formula is C28H24F6N2O. The molecule has 0 saturated carbocycles. The molecule has 5 rings (SSSR count). The zero-order valence-electron chi connectivity index (χ0n) is 19.7. The van der Waals surface area contributed by atoms with E-state index in [1.54, 1.807) is 18.2 Å². The number of likely N-dealkylation sites (tertiary alicyclic amines) is 1. The number of carbonyl (C=O) groups is 1. The number of halogens is 6. The van der Waals surface area contributed by atoms with E-state index in [1.807, 2.05) is 36.4 Å². The Morgan fingerprint density at radius 1 is 0.703 bits per heavy atom. The Bertz CT molecular complexity index is 1260. The normalized spacial score (nSPS) is 17.9. The molecule has 0 unspecified atom stereocenters. The van der Waals surface area contributed by atoms with Gasteiger partial charge >= 0.3 is 12.4 Å². The minimum atomic E-state index is -4.95. The number of nitrogens with zero attached hydrogens (tertiary/aromatic N) is 2. The van der Waals surface area contributed by atoms with Gasteiger partial charge in [-0.25, -0.2) is 0 Å². The molecule has 2 aliphatic rings. The quantitative estimate of drug-likeness (QED) is 0.355. The van der Waals surface area contributed by atoms with Gasteiger partial charge in [0.15, 0.2) is 0 Å². The van der Waals surface area contributed by atoms with E-state index < -0.39 is 28.9 Å². The van der Waals surface area contributed by atoms with Gasteiger partial charge in [-0.05, 0) is 66.9 Å². The Hall–Kier alpha value is -3.33. The van der Waals surface area contributed by atoms with E-state index in [9.17, 15) is 31.1 Å². The van der Waals surface area contributed by atoms with Gasteiger partial charge in [-0.3, -0.25) is 9.69 Å². The van der Waals surface area contributed by atoms with E-state index in [-0.39, 0.29) is 24.1 Å². The predicted molar refractivity (Wildman–Crippen MR) is 127 cm³/mol. The highest BCUT2D eigenvalue weighted by Crippen LogP contribution is 2.49. The second-order valence-corrected chi connectivity index (χ2v) is 9.67. The zero-order chi connectivity index (χ0) is 26.4. The van der Waals surface area contributed by atoms with Crippen LogP contribution >= 0.6 is 0 Å². The summed E-state index contributed by atoms with van der Waals surface area (Å²) in [7, 11) is 0. The molecule has 0 bridgehead atoms. The van der Waals surface area contributed by atoms with Gasteiger partial charge in [0, 0.05) is 12.2 Å². The third-order valence-corrected chi connectivity index (χ3v) is 7.31. The van der Waals surface area contributed by atoms with E-state index in [4.69, 9.17) is 0 Å². The molecule has 1 saturated heterocycles. The Morgan fingerprint density at radius 2 is 1.27 bits per heavy atom. The number of rotatable bonds is 4. The number of hydrogen-bond acceptors (Lipinski definition) is 2. The Balaban J connectivity index is 1.43. The number of benzene rings is 3. The van der Waals surface area contributed by atoms with Crippen molar-refractivity contribution in [2.24, 2.45) is 0 Å². The molecule has 1 fully saturated rings. The van der Waals surface area contributed by atoms with E-state index in [0.29, 0.717) is 43.8 Å². The third-order valence-electron chi connectivity index (χ3n) is 7.31. The maximum atomic E-state index is 13.8. The van der Waals surface area contributed by atoms with Crippen molar-refractivity contribution < 1.29 is 31.1 Å². The fraction of sp³-hybridized carbons (Fsp3) is 0.321. The van der Waals surface area contributed by atoms with Crippen molar-refractivity contribution in [2.75, 3.05) is 18.0 Å². The van der Waals surface area contributed by atoms with E-state index in [1.165, 1.54) is 4.90 Å². The lowest BCUT2D eigenvalue weighted by atomic mass is 9.73. The van der Waals surface area contributed by atoms with Crippen molar-refractivity contribution in [2.45, 2.75) is 43.7 Å². The molecule has 0 N–H and O–H groups in total. The first-order chi connectivity index (χ1) is 17.5. The summed E-state index contributed by atoms with van der Waals surface area (Å²) in [5, 5.41) is 0. The molecule has 9 heteroatoms. The number of alkyl halides is 6. The van der Waals surface area contributed by atoms with Crippen molar-refractivity contribution in [3.63, 3.8) is 0 Å². The Labute approximate surface area is 210 Å². The van der Waals surface area contributed by atoms with Crippen LogP contribution in [0.25, 0.3) is 0 Å². The SMILES string of the molecule is O=C1N(Cc2cc(C(F)(F)F)cc(C(F)(F)F)c2)c2ccccc2C12CCN(Cc1ccccc1)CC2. The largest absolute Gasteiger partial charge is 0.416 e. The first kappa shape index (κ1) is 25.3. The van der Waals surface area contributed by atoms with Crippen molar-refractivity contribution in [3.05, 3.63) is 101 Å². The third kappa shape index (κ3) is 4.84. The van der Waals surface area contributed by atoms with Crippen LogP contribution in [0.2, 0.25) is 0 Å². The predicted octanol–water partition coefficient (Wildman–Crippen LogP) is 6.80. The lowest BCUT2D eigenvalue weighted by Gasteiger charge is -2.38. The molecule has 3 nitrogen and oxygen atoms in total. The maximum Gasteiger partial charge on any atom is 0.416 e. The second-order valence-electron chi connectivity index (χ2n) is 9.67. The average Bonchev–Trinajstić information content (AvgIpc) is 3.08. The smallest absolute Gasteiger partial charge is 0.307 e. The van der Waals surface area contributed by atoms with Crippen LogP contribution < -0.4 is 4.90 Å². The van der Waals surface area contributed by atoms with Gasteiger partial charge < -0.3 is 4.90 Å². The van der Waals surface area contributed by atoms with Gasteiger partial charge in [-0.15, -0.1) is 0 Å². The van der Waals surface area contributed by atoms with E-state index in [2.05, 4.69) is 4.90 Å². The summed E-state index contributed by atoms with van der Waals surface area (Å²) in [6.45, 7) is 1.65. The van der Waals surface area contributed by atoms with Gasteiger partial charge in [-0.2, -0.15) is 26.3 Å². The molecule has 1 amide bonds. The van der Waals surface area contributed by atoms with Crippen LogP contribution in [0.3, 0.4) is 0 Å². The number of amides is 1. The van der Waals surface area contributed by atoms with Crippen LogP contribution in [0.5, 0.6) is 0 Å². The molecule has 3 aromatic carbocycles. The lowest BCUT2D eigenvalue weighted by molar-refractivity contribution is -0.143. The van der Waals surface area contributed by atoms with E-state index >= 15 is 0 Å². The molecule has 2 aliphatic heterocycles. The molecule has 0 aromatic heterocycles. The number of fused-ring (bicyclic) bond motifs is 2. The summed E-state index contributed by atoms with van der Waals surface area (Å²) in [5.41, 5.74) is -1.37. The highest BCUT2D eigenvalue weighted by atomic mass is 19.4. The zero-order valence-corrected chi connectivity index (χ0v) is 19.7. The van der Waals surface area contributed by atoms with Crippen LogP contribution in [0.1, 0.15) is 40.7 Å². The fourth-order valence-electron chi connectivity index (χ4n) is 5.46. The summed E-state index contributed by atoms with van der Waals surface area (Å²) in [4.78, 5) is 17.4. The second kappa shape index (κ2) is 9.20. The van der Waals surface area contributed by atoms with Crippen molar-refractivity contribution >= 4 is 11.6 Å². The van der Waals surface area contributed by atoms with Gasteiger partial charge in [0.25, 0.3) is 0 Å². The standard InChI is InChI=1S/C28H24F6N2O/c29-27(30,31)21-14-20(15-22(16-21)28(32,33)34)18-36-24-9-5-4-8-23(24)26(25(36)37)10-12-35(13-11-26)17-19-6-2-1-3-7-19/h1-9,14-16H,10-13,17-18H2. The Morgan fingerprint density at radius 3 is 1.86 bits per heavy atom. The van der Waals surface area contributed by atoms with Crippen LogP contribution in [0, 0.1) is 0 Å². The highest BCUT2D eigenvalue weighted by Gasteiger charge is 2.52. The van der Waals surface area contributed by atoms with Gasteiger partial charge in [0.05, 0.1) is 23.1 Å². The Kier molecular flexibility index (Phi) is 6.30. The van der Waals surface area contributed by atoms with Gasteiger partial charge in [0.2, 0.25) is 5.91 Å². The minimum absolute atomic E-state index is 0.104. The summed E-state index contributed by atoms with van der Waals surface area (Å²) in [6.07, 6.45) is -8.86. The number of hydrogen-bond donors (Lipinski definition) is 0. The first-order valence-corrected chi connectivity index (χ1v) is 11.9. The first-order valence-electron chi connectivity index (χ1n) is 11.9. The fourth-order valence-corrected chi connectivity index (χ4v) is 5.46. The molecule has 0 radical (unpaired) electrons. The van der Waals surface area contributed by atoms with Gasteiger partial charge in [0.1, 0.15) is 0 Å². The number of anilines is 1. The van der Waals surface area contributed by atoms with Crippen LogP contribution in [-0.2, 0) is 35.7 Å². The maximum absolute atomic E-state index is 13.8. The molecular weight excluding hydrogens is 494 g/mol. The topological polar surface area (TPSA) is 23.6 Å². The van der Waals surface area contributed by atoms with Crippen molar-refractivity contribution in [3.8, 4) is 0 Å². The molecule has 1 spiro atoms. The molecule has 37 heavy (non-hydrogen) atoms. The van der Waals surface area contributed by atoms with Gasteiger partial charge in [-0.1, -0.05) is 48.5 Å². The van der Waals surface area contributed by atoms with Crippen LogP contribution in [0.15, 0.2) is 72.8 Å². The molecule has 2 heterocycles. The molecule has 0 aliphatic carbocycles. The molecule has 0 atom stereocenters. The van der Waals surface area contributed by atoms with E-state index in [0.717, 1.165) is 17.7 Å². The van der Waals surface area contributed by atoms with Crippen LogP contribution in [0.4, 0.5) is 32.0 Å². The summed E-state index contributed by atoms with van der Waals surface area (Å²) in [5.74, 6) is -0.279. The minimum Gasteiger partial charge on any atom is -0.307 e. The van der Waals surface area contributed by atoms with Crippen molar-refractivity contribution in [1.29, 1.82) is 0 Å². The lowest BCUT2D eigenvalue weighted by Crippen LogP contribution is -2.48. The number of carbonyl (C=O) groups excluding carboxylic acids is 1. The molecule has 3 aromatic rings. The van der Waals surface area contributed by atoms with Crippen LogP contribution in [-0.4, -0.2) is 23.9 Å². The number of piperidine rings is 1. The molecule has 194 valence electrons. The highest BCUT2D eigenvalue weighted by molar-refractivity contribution is 6.08. The summed E-state index contributed by atoms with van der Waals surface area (Å²) < 4.78 is 80.3. The summed E-state index contributed by atoms with van der Waals surface area (Å²) in [6, 6.07) is 18.5. The average molecular weight is 519 g/mol. The monoisotopic (exact) mass is 518 g/mol. The summed E-state index contributed by atoms with van der Waals surface area (Å²) >= 11 is 0.